The molecule has 30 heavy (non-hydrogen) atoms. The van der Waals surface area contributed by atoms with Crippen LogP contribution in [0.4, 0.5) is 5.69 Å². The van der Waals surface area contributed by atoms with Crippen LogP contribution in [-0.4, -0.2) is 34.0 Å². The zero-order chi connectivity index (χ0) is 21.1. The van der Waals surface area contributed by atoms with Crippen LogP contribution in [0.15, 0.2) is 72.9 Å². The van der Waals surface area contributed by atoms with Gasteiger partial charge >= 0.3 is 0 Å². The smallest absolute Gasteiger partial charge is 0.267 e. The molecule has 1 atom stereocenters. The molecule has 0 aliphatic carbocycles. The minimum atomic E-state index is -0.732. The fourth-order valence-corrected chi connectivity index (χ4v) is 3.39. The SMILES string of the molecule is CC(Oc1nc(-c2ccccn2)nc2ccccc12)C(=O)N(C)c1ccc(I)cc1. The summed E-state index contributed by atoms with van der Waals surface area (Å²) in [6, 6.07) is 20.9. The van der Waals surface area contributed by atoms with Gasteiger partial charge in [-0.3, -0.25) is 9.78 Å². The van der Waals surface area contributed by atoms with Crippen molar-refractivity contribution in [2.45, 2.75) is 13.0 Å². The van der Waals surface area contributed by atoms with Crippen molar-refractivity contribution in [3.05, 3.63) is 76.5 Å². The molecule has 150 valence electrons. The number of rotatable bonds is 5. The molecule has 0 aliphatic rings. The zero-order valence-electron chi connectivity index (χ0n) is 16.5. The van der Waals surface area contributed by atoms with E-state index >= 15 is 0 Å². The topological polar surface area (TPSA) is 68.2 Å². The summed E-state index contributed by atoms with van der Waals surface area (Å²) < 4.78 is 7.15. The third kappa shape index (κ3) is 4.25. The van der Waals surface area contributed by atoms with Gasteiger partial charge in [0.1, 0.15) is 5.69 Å². The molecule has 0 aliphatic heterocycles. The second kappa shape index (κ2) is 8.74. The third-order valence-corrected chi connectivity index (χ3v) is 5.36. The van der Waals surface area contributed by atoms with Gasteiger partial charge in [-0.25, -0.2) is 4.98 Å². The van der Waals surface area contributed by atoms with Crippen molar-refractivity contribution in [3.8, 4) is 17.4 Å². The minimum Gasteiger partial charge on any atom is -0.464 e. The highest BCUT2D eigenvalue weighted by Gasteiger charge is 2.22. The van der Waals surface area contributed by atoms with Gasteiger partial charge in [-0.15, -0.1) is 0 Å². The van der Waals surface area contributed by atoms with E-state index in [4.69, 9.17) is 4.74 Å². The summed E-state index contributed by atoms with van der Waals surface area (Å²) in [4.78, 5) is 28.1. The molecular formula is C23H19IN4O2. The monoisotopic (exact) mass is 510 g/mol. The largest absolute Gasteiger partial charge is 0.464 e. The molecular weight excluding hydrogens is 491 g/mol. The quantitative estimate of drug-likeness (QED) is 0.364. The molecule has 1 amide bonds. The first kappa shape index (κ1) is 20.2. The Balaban J connectivity index is 1.65. The highest BCUT2D eigenvalue weighted by molar-refractivity contribution is 14.1. The van der Waals surface area contributed by atoms with Crippen LogP contribution in [0.5, 0.6) is 5.88 Å². The Kier molecular flexibility index (Phi) is 5.89. The maximum absolute atomic E-state index is 13.0. The first-order chi connectivity index (χ1) is 14.5. The van der Waals surface area contributed by atoms with Crippen LogP contribution in [0.25, 0.3) is 22.4 Å². The van der Waals surface area contributed by atoms with Gasteiger partial charge < -0.3 is 9.64 Å². The molecule has 0 fully saturated rings. The van der Waals surface area contributed by atoms with Crippen molar-refractivity contribution < 1.29 is 9.53 Å². The van der Waals surface area contributed by atoms with Gasteiger partial charge in [-0.05, 0) is 78.0 Å². The van der Waals surface area contributed by atoms with Gasteiger partial charge in [0.05, 0.1) is 10.9 Å². The van der Waals surface area contributed by atoms with Crippen molar-refractivity contribution >= 4 is 45.1 Å². The van der Waals surface area contributed by atoms with E-state index in [1.165, 1.54) is 0 Å². The summed E-state index contributed by atoms with van der Waals surface area (Å²) in [5.74, 6) is 0.645. The first-order valence-corrected chi connectivity index (χ1v) is 10.5. The number of para-hydroxylation sites is 1. The summed E-state index contributed by atoms with van der Waals surface area (Å²) in [6.07, 6.45) is 0.959. The van der Waals surface area contributed by atoms with Crippen LogP contribution in [0.1, 0.15) is 6.92 Å². The van der Waals surface area contributed by atoms with Gasteiger partial charge in [0.25, 0.3) is 5.91 Å². The Morgan fingerprint density at radius 3 is 2.47 bits per heavy atom. The number of nitrogens with zero attached hydrogens (tertiary/aromatic N) is 4. The van der Waals surface area contributed by atoms with Gasteiger partial charge in [0, 0.05) is 22.5 Å². The van der Waals surface area contributed by atoms with Gasteiger partial charge in [-0.2, -0.15) is 4.98 Å². The second-order valence-electron chi connectivity index (χ2n) is 6.72. The summed E-state index contributed by atoms with van der Waals surface area (Å²) >= 11 is 2.23. The summed E-state index contributed by atoms with van der Waals surface area (Å²) in [5.41, 5.74) is 2.18. The molecule has 4 aromatic rings. The standard InChI is InChI=1S/C23H19IN4O2/c1-15(23(29)28(2)17-12-10-16(24)11-13-17)30-22-18-7-3-4-8-19(18)26-21(27-22)20-9-5-6-14-25-20/h3-15H,1-2H3. The summed E-state index contributed by atoms with van der Waals surface area (Å²) in [5, 5.41) is 0.744. The number of amides is 1. The van der Waals surface area contributed by atoms with Gasteiger partial charge in [0.15, 0.2) is 11.9 Å². The highest BCUT2D eigenvalue weighted by Crippen LogP contribution is 2.27. The fourth-order valence-electron chi connectivity index (χ4n) is 3.03. The van der Waals surface area contributed by atoms with Crippen LogP contribution in [0.2, 0.25) is 0 Å². The summed E-state index contributed by atoms with van der Waals surface area (Å²) in [7, 11) is 1.74. The number of likely N-dealkylation sites (N-methyl/N-ethyl adjacent to an activating group) is 1. The van der Waals surface area contributed by atoms with Crippen molar-refractivity contribution in [2.75, 3.05) is 11.9 Å². The zero-order valence-corrected chi connectivity index (χ0v) is 18.6. The Morgan fingerprint density at radius 1 is 1.00 bits per heavy atom. The number of pyridine rings is 1. The minimum absolute atomic E-state index is 0.168. The Bertz CT molecular complexity index is 1180. The molecule has 0 saturated heterocycles. The van der Waals surface area contributed by atoms with E-state index in [-0.39, 0.29) is 5.91 Å². The maximum atomic E-state index is 13.0. The Hall–Kier alpha value is -3.07. The predicted octanol–water partition coefficient (Wildman–Crippen LogP) is 4.73. The molecule has 0 bridgehead atoms. The number of carbonyl (C=O) groups is 1. The van der Waals surface area contributed by atoms with Crippen molar-refractivity contribution in [1.82, 2.24) is 15.0 Å². The molecule has 2 heterocycles. The lowest BCUT2D eigenvalue weighted by molar-refractivity contribution is -0.124. The van der Waals surface area contributed by atoms with E-state index in [0.29, 0.717) is 17.4 Å². The van der Waals surface area contributed by atoms with E-state index in [1.807, 2.05) is 66.7 Å². The molecule has 7 heteroatoms. The number of carbonyl (C=O) groups excluding carboxylic acids is 1. The average molecular weight is 510 g/mol. The number of fused-ring (bicyclic) bond motifs is 1. The Morgan fingerprint density at radius 2 is 1.73 bits per heavy atom. The predicted molar refractivity (Wildman–Crippen MR) is 125 cm³/mol. The van der Waals surface area contributed by atoms with E-state index < -0.39 is 6.10 Å². The average Bonchev–Trinajstić information content (AvgIpc) is 2.79. The van der Waals surface area contributed by atoms with Crippen molar-refractivity contribution in [3.63, 3.8) is 0 Å². The lowest BCUT2D eigenvalue weighted by Gasteiger charge is -2.22. The van der Waals surface area contributed by atoms with Crippen LogP contribution in [0, 0.1) is 3.57 Å². The van der Waals surface area contributed by atoms with Crippen LogP contribution < -0.4 is 9.64 Å². The fraction of sp³-hybridized carbons (Fsp3) is 0.130. The number of ether oxygens (including phenoxy) is 1. The molecule has 0 saturated carbocycles. The highest BCUT2D eigenvalue weighted by atomic mass is 127. The molecule has 6 nitrogen and oxygen atoms in total. The van der Waals surface area contributed by atoms with E-state index in [1.54, 1.807) is 25.1 Å². The number of aromatic nitrogens is 3. The van der Waals surface area contributed by atoms with E-state index in [2.05, 4.69) is 37.5 Å². The maximum Gasteiger partial charge on any atom is 0.267 e. The van der Waals surface area contributed by atoms with E-state index in [0.717, 1.165) is 20.2 Å². The molecule has 0 radical (unpaired) electrons. The van der Waals surface area contributed by atoms with Gasteiger partial charge in [0.2, 0.25) is 5.88 Å². The van der Waals surface area contributed by atoms with Gasteiger partial charge in [-0.1, -0.05) is 18.2 Å². The van der Waals surface area contributed by atoms with Crippen LogP contribution in [0.3, 0.4) is 0 Å². The molecule has 4 rings (SSSR count). The number of anilines is 1. The number of benzene rings is 2. The lowest BCUT2D eigenvalue weighted by Crippen LogP contribution is -2.38. The summed E-state index contributed by atoms with van der Waals surface area (Å²) in [6.45, 7) is 1.73. The molecule has 2 aromatic heterocycles. The third-order valence-electron chi connectivity index (χ3n) is 4.64. The van der Waals surface area contributed by atoms with Crippen molar-refractivity contribution in [2.24, 2.45) is 0 Å². The lowest BCUT2D eigenvalue weighted by atomic mass is 10.2. The Labute approximate surface area is 188 Å². The first-order valence-electron chi connectivity index (χ1n) is 9.41. The van der Waals surface area contributed by atoms with Crippen LogP contribution >= 0.6 is 22.6 Å². The number of halogens is 1. The molecule has 1 unspecified atom stereocenters. The molecule has 2 aromatic carbocycles. The normalized spacial score (nSPS) is 11.8. The van der Waals surface area contributed by atoms with E-state index in [9.17, 15) is 4.79 Å². The number of hydrogen-bond acceptors (Lipinski definition) is 5. The molecule has 0 N–H and O–H groups in total. The second-order valence-corrected chi connectivity index (χ2v) is 7.96. The number of hydrogen-bond donors (Lipinski definition) is 0. The van der Waals surface area contributed by atoms with Crippen LogP contribution in [-0.2, 0) is 4.79 Å². The molecule has 0 spiro atoms. The van der Waals surface area contributed by atoms with Crippen molar-refractivity contribution in [1.29, 1.82) is 0 Å².